The van der Waals surface area contributed by atoms with Crippen molar-refractivity contribution in [1.29, 1.82) is 0 Å². The fraction of sp³-hybridized carbons (Fsp3) is 0.200. The first-order valence-electron chi connectivity index (χ1n) is 10.3. The summed E-state index contributed by atoms with van der Waals surface area (Å²) in [4.78, 5) is 40.7. The molecule has 2 atom stereocenters. The first-order valence-corrected chi connectivity index (χ1v) is 10.3. The van der Waals surface area contributed by atoms with Gasteiger partial charge in [0.05, 0.1) is 0 Å². The number of hydrogen-bond donors (Lipinski definition) is 5. The highest BCUT2D eigenvalue weighted by Crippen LogP contribution is 2.19. The second-order valence-electron chi connectivity index (χ2n) is 6.97. The van der Waals surface area contributed by atoms with Gasteiger partial charge in [-0.15, -0.1) is 0 Å². The highest BCUT2D eigenvalue weighted by molar-refractivity contribution is 5.90. The first-order chi connectivity index (χ1) is 16.5. The largest absolute Gasteiger partial charge is 0.478 e. The van der Waals surface area contributed by atoms with Crippen molar-refractivity contribution in [1.82, 2.24) is 4.90 Å². The van der Waals surface area contributed by atoms with E-state index in [9.17, 15) is 19.2 Å². The molecule has 35 heavy (non-hydrogen) atoms. The number of nitrogens with two attached hydrogens (primary N) is 1. The number of nitrogens with zero attached hydrogens (tertiary/aromatic N) is 1. The fourth-order valence-electron chi connectivity index (χ4n) is 2.23. The van der Waals surface area contributed by atoms with Crippen LogP contribution in [0.3, 0.4) is 0 Å². The third kappa shape index (κ3) is 20.1. The van der Waals surface area contributed by atoms with E-state index >= 15 is 0 Å². The van der Waals surface area contributed by atoms with Gasteiger partial charge in [-0.1, -0.05) is 60.7 Å². The molecular weight excluding hydrogens is 456 g/mol. The maximum Gasteiger partial charge on any atom is 0.328 e. The second kappa shape index (κ2) is 18.2. The normalized spacial score (nSPS) is 15.4. The van der Waals surface area contributed by atoms with Crippen LogP contribution in [0.5, 0.6) is 0 Å². The molecule has 2 aromatic carbocycles. The van der Waals surface area contributed by atoms with Gasteiger partial charge in [0, 0.05) is 50.0 Å². The minimum Gasteiger partial charge on any atom is -0.478 e. The Morgan fingerprint density at radius 2 is 1.06 bits per heavy atom. The molecule has 10 heteroatoms. The van der Waals surface area contributed by atoms with Crippen LogP contribution in [0.4, 0.5) is 0 Å². The molecule has 1 fully saturated rings. The van der Waals surface area contributed by atoms with E-state index in [0.29, 0.717) is 30.8 Å². The molecular formula is C25H30N2O8. The van der Waals surface area contributed by atoms with E-state index in [-0.39, 0.29) is 0 Å². The number of carbonyl (C=O) groups is 4. The average Bonchev–Trinajstić information content (AvgIpc) is 3.52. The van der Waals surface area contributed by atoms with Crippen molar-refractivity contribution in [3.8, 4) is 0 Å². The summed E-state index contributed by atoms with van der Waals surface area (Å²) >= 11 is 0. The number of carboxylic acid groups (broad SMARTS) is 4. The van der Waals surface area contributed by atoms with E-state index in [1.54, 1.807) is 0 Å². The Labute approximate surface area is 203 Å². The van der Waals surface area contributed by atoms with Gasteiger partial charge < -0.3 is 26.2 Å². The second-order valence-corrected chi connectivity index (χ2v) is 6.97. The van der Waals surface area contributed by atoms with Crippen LogP contribution in [-0.2, 0) is 32.3 Å². The van der Waals surface area contributed by atoms with Gasteiger partial charge >= 0.3 is 23.9 Å². The molecule has 3 rings (SSSR count). The predicted molar refractivity (Wildman–Crippen MR) is 129 cm³/mol. The number of hydrogen-bond acceptors (Lipinski definition) is 6. The van der Waals surface area contributed by atoms with Gasteiger partial charge in [-0.25, -0.2) is 19.2 Å². The summed E-state index contributed by atoms with van der Waals surface area (Å²) in [6.45, 7) is 5.31. The van der Waals surface area contributed by atoms with Crippen LogP contribution in [0.15, 0.2) is 85.0 Å². The highest BCUT2D eigenvalue weighted by atomic mass is 16.4. The lowest BCUT2D eigenvalue weighted by Gasteiger charge is -2.00. The van der Waals surface area contributed by atoms with Crippen molar-refractivity contribution < 1.29 is 39.6 Å². The van der Waals surface area contributed by atoms with Crippen LogP contribution in [0.25, 0.3) is 0 Å². The smallest absolute Gasteiger partial charge is 0.328 e. The van der Waals surface area contributed by atoms with Gasteiger partial charge in [0.1, 0.15) is 0 Å². The zero-order valence-electron chi connectivity index (χ0n) is 19.2. The molecule has 0 saturated carbocycles. The Morgan fingerprint density at radius 1 is 0.743 bits per heavy atom. The van der Waals surface area contributed by atoms with Crippen LogP contribution in [0, 0.1) is 0 Å². The van der Waals surface area contributed by atoms with E-state index < -0.39 is 23.9 Å². The molecule has 0 radical (unpaired) electrons. The molecule has 0 aliphatic carbocycles. The molecule has 1 aliphatic heterocycles. The van der Waals surface area contributed by atoms with Crippen molar-refractivity contribution in [2.75, 3.05) is 6.54 Å². The zero-order chi connectivity index (χ0) is 26.6. The Morgan fingerprint density at radius 3 is 1.29 bits per heavy atom. The molecule has 1 saturated heterocycles. The molecule has 0 aromatic heterocycles. The standard InChI is InChI=1S/C10H13N.C7H9N.2C4H4O4/c1-9-7-11(9)8-10-5-3-2-4-6-10;8-6-7-4-2-1-3-5-7;2*5-3(6)1-2-4(7)8/h2-6,9H,7-8H2,1H3;1-5H,6,8H2;2*1-2H,(H,5,6)(H,7,8)/b;;2*2-1-. The van der Waals surface area contributed by atoms with Crippen molar-refractivity contribution in [2.45, 2.75) is 26.1 Å². The van der Waals surface area contributed by atoms with Crippen LogP contribution in [-0.4, -0.2) is 61.8 Å². The topological polar surface area (TPSA) is 178 Å². The SMILES string of the molecule is CC1CN1Cc1ccccc1.NCc1ccccc1.O=C(O)/C=C\C(=O)O.O=C(O)/C=C\C(=O)O. The van der Waals surface area contributed by atoms with Gasteiger partial charge in [0.15, 0.2) is 0 Å². The highest BCUT2D eigenvalue weighted by Gasteiger charge is 2.28. The van der Waals surface area contributed by atoms with E-state index in [4.69, 9.17) is 26.2 Å². The van der Waals surface area contributed by atoms with Crippen LogP contribution < -0.4 is 5.73 Å². The summed E-state index contributed by atoms with van der Waals surface area (Å²) in [7, 11) is 0. The summed E-state index contributed by atoms with van der Waals surface area (Å²) in [5, 5.41) is 31.2. The number of aliphatic carboxylic acids is 4. The van der Waals surface area contributed by atoms with E-state index in [2.05, 4.69) is 42.2 Å². The van der Waals surface area contributed by atoms with Crippen LogP contribution in [0.2, 0.25) is 0 Å². The Bertz CT molecular complexity index is 909. The average molecular weight is 487 g/mol. The maximum atomic E-state index is 9.55. The van der Waals surface area contributed by atoms with Crippen molar-refractivity contribution >= 4 is 23.9 Å². The summed E-state index contributed by atoms with van der Waals surface area (Å²) in [6.07, 6.45) is 2.23. The van der Waals surface area contributed by atoms with E-state index in [1.807, 2.05) is 30.3 Å². The molecule has 1 aliphatic rings. The third-order valence-corrected chi connectivity index (χ3v) is 4.03. The van der Waals surface area contributed by atoms with Gasteiger partial charge in [-0.2, -0.15) is 0 Å². The number of carboxylic acids is 4. The van der Waals surface area contributed by atoms with Gasteiger partial charge in [-0.3, -0.25) is 4.90 Å². The molecule has 0 bridgehead atoms. The van der Waals surface area contributed by atoms with E-state index in [0.717, 1.165) is 12.6 Å². The molecule has 2 unspecified atom stereocenters. The zero-order valence-corrected chi connectivity index (χ0v) is 19.2. The van der Waals surface area contributed by atoms with Crippen LogP contribution in [0.1, 0.15) is 18.1 Å². The molecule has 0 amide bonds. The van der Waals surface area contributed by atoms with E-state index in [1.165, 1.54) is 17.7 Å². The van der Waals surface area contributed by atoms with Gasteiger partial charge in [0.2, 0.25) is 0 Å². The molecule has 2 aromatic rings. The summed E-state index contributed by atoms with van der Waals surface area (Å²) in [5.41, 5.74) is 7.96. The molecule has 1 heterocycles. The summed E-state index contributed by atoms with van der Waals surface area (Å²) < 4.78 is 0. The first kappa shape index (κ1) is 30.7. The minimum absolute atomic E-state index is 0.558. The van der Waals surface area contributed by atoms with Gasteiger partial charge in [-0.05, 0) is 18.1 Å². The van der Waals surface area contributed by atoms with Gasteiger partial charge in [0.25, 0.3) is 0 Å². The quantitative estimate of drug-likeness (QED) is 0.288. The number of rotatable bonds is 7. The fourth-order valence-corrected chi connectivity index (χ4v) is 2.23. The molecule has 0 spiro atoms. The summed E-state index contributed by atoms with van der Waals surface area (Å²) in [6, 6.07) is 21.4. The monoisotopic (exact) mass is 486 g/mol. The minimum atomic E-state index is -1.26. The number of benzene rings is 2. The van der Waals surface area contributed by atoms with Crippen molar-refractivity contribution in [3.05, 3.63) is 96.1 Å². The Kier molecular flexibility index (Phi) is 16.0. The van der Waals surface area contributed by atoms with Crippen LogP contribution >= 0.6 is 0 Å². The lowest BCUT2D eigenvalue weighted by atomic mass is 10.2. The molecule has 10 nitrogen and oxygen atoms in total. The van der Waals surface area contributed by atoms with Crippen molar-refractivity contribution in [2.24, 2.45) is 5.73 Å². The third-order valence-electron chi connectivity index (χ3n) is 4.03. The molecule has 6 N–H and O–H groups in total. The predicted octanol–water partition coefficient (Wildman–Crippen LogP) is 2.46. The Balaban J connectivity index is 0.000000447. The maximum absolute atomic E-state index is 9.55. The lowest BCUT2D eigenvalue weighted by molar-refractivity contribution is -0.134. The Hall–Kier alpha value is -4.28. The lowest BCUT2D eigenvalue weighted by Crippen LogP contribution is -1.98. The molecule has 188 valence electrons. The van der Waals surface area contributed by atoms with Crippen molar-refractivity contribution in [3.63, 3.8) is 0 Å². The summed E-state index contributed by atoms with van der Waals surface area (Å²) in [5.74, 6) is -5.03.